The summed E-state index contributed by atoms with van der Waals surface area (Å²) in [5, 5.41) is 3.22. The third-order valence-corrected chi connectivity index (χ3v) is 5.09. The second kappa shape index (κ2) is 3.64. The number of rotatable bonds is 2. The largest absolute Gasteiger partial charge is 0.433 e. The first-order valence-corrected chi connectivity index (χ1v) is 6.85. The number of aromatic nitrogens is 1. The number of hydrogen-bond acceptors (Lipinski definition) is 2. The van der Waals surface area contributed by atoms with Crippen molar-refractivity contribution in [3.05, 3.63) is 23.9 Å². The van der Waals surface area contributed by atoms with Crippen LogP contribution in [-0.2, 0) is 6.18 Å². The van der Waals surface area contributed by atoms with Gasteiger partial charge in [-0.05, 0) is 55.1 Å². The zero-order valence-electron chi connectivity index (χ0n) is 10.3. The van der Waals surface area contributed by atoms with Crippen LogP contribution in [0.5, 0.6) is 0 Å². The van der Waals surface area contributed by atoms with Gasteiger partial charge in [-0.25, -0.2) is 4.98 Å². The van der Waals surface area contributed by atoms with Gasteiger partial charge in [0.1, 0.15) is 11.5 Å². The van der Waals surface area contributed by atoms with Crippen LogP contribution in [0.2, 0.25) is 0 Å². The molecule has 102 valence electrons. The third kappa shape index (κ3) is 1.74. The molecule has 1 aromatic rings. The second-order valence-corrected chi connectivity index (χ2v) is 6.06. The Morgan fingerprint density at radius 2 is 1.79 bits per heavy atom. The lowest BCUT2D eigenvalue weighted by atomic mass is 10.0. The van der Waals surface area contributed by atoms with Gasteiger partial charge in [-0.2, -0.15) is 13.2 Å². The van der Waals surface area contributed by atoms with Crippen molar-refractivity contribution >= 4 is 5.82 Å². The maximum atomic E-state index is 12.6. The van der Waals surface area contributed by atoms with Gasteiger partial charge < -0.3 is 5.32 Å². The van der Waals surface area contributed by atoms with Crippen LogP contribution in [0.4, 0.5) is 19.0 Å². The van der Waals surface area contributed by atoms with Crippen molar-refractivity contribution in [1.29, 1.82) is 0 Å². The molecule has 2 nitrogen and oxygen atoms in total. The summed E-state index contributed by atoms with van der Waals surface area (Å²) in [6.07, 6.45) is -0.417. The summed E-state index contributed by atoms with van der Waals surface area (Å²) < 4.78 is 37.8. The molecule has 1 N–H and O–H groups in total. The molecule has 19 heavy (non-hydrogen) atoms. The average molecular weight is 268 g/mol. The van der Waals surface area contributed by atoms with Crippen LogP contribution in [0.25, 0.3) is 0 Å². The van der Waals surface area contributed by atoms with E-state index in [-0.39, 0.29) is 0 Å². The first kappa shape index (κ1) is 11.6. The zero-order valence-corrected chi connectivity index (χ0v) is 10.3. The van der Waals surface area contributed by atoms with E-state index in [1.807, 2.05) is 0 Å². The highest BCUT2D eigenvalue weighted by Gasteiger charge is 2.65. The van der Waals surface area contributed by atoms with Gasteiger partial charge in [0.2, 0.25) is 0 Å². The van der Waals surface area contributed by atoms with Crippen LogP contribution in [-0.4, -0.2) is 11.0 Å². The lowest BCUT2D eigenvalue weighted by Gasteiger charge is -2.12. The summed E-state index contributed by atoms with van der Waals surface area (Å²) in [4.78, 5) is 3.69. The Kier molecular flexibility index (Phi) is 2.22. The van der Waals surface area contributed by atoms with E-state index in [0.29, 0.717) is 23.7 Å². The fraction of sp³-hybridized carbons (Fsp3) is 0.643. The SMILES string of the molecule is FC(F)(F)c1cccc(NC2C3C4CCC(C4)C23)n1. The van der Waals surface area contributed by atoms with Gasteiger partial charge in [-0.15, -0.1) is 0 Å². The Bertz CT molecular complexity index is 498. The van der Waals surface area contributed by atoms with Crippen LogP contribution in [0, 0.1) is 23.7 Å². The fourth-order valence-electron chi connectivity index (χ4n) is 4.36. The van der Waals surface area contributed by atoms with Crippen molar-refractivity contribution < 1.29 is 13.2 Å². The summed E-state index contributed by atoms with van der Waals surface area (Å²) in [5.41, 5.74) is -0.814. The summed E-state index contributed by atoms with van der Waals surface area (Å²) in [6.45, 7) is 0. The molecule has 0 saturated heterocycles. The van der Waals surface area contributed by atoms with Crippen LogP contribution < -0.4 is 5.32 Å². The van der Waals surface area contributed by atoms with Gasteiger partial charge in [0.15, 0.2) is 0 Å². The topological polar surface area (TPSA) is 24.9 Å². The molecule has 0 spiro atoms. The standard InChI is InChI=1S/C14H15F3N2/c15-14(16,17)9-2-1-3-10(18-9)19-13-11-7-4-5-8(6-7)12(11)13/h1-3,7-8,11-13H,4-6H2,(H,18,19). The van der Waals surface area contributed by atoms with Crippen LogP contribution in [0.3, 0.4) is 0 Å². The zero-order chi connectivity index (χ0) is 13.2. The smallest absolute Gasteiger partial charge is 0.367 e. The molecule has 3 saturated carbocycles. The van der Waals surface area contributed by atoms with Crippen molar-refractivity contribution in [2.45, 2.75) is 31.5 Å². The lowest BCUT2D eigenvalue weighted by molar-refractivity contribution is -0.141. The molecular formula is C14H15F3N2. The Labute approximate surface area is 109 Å². The summed E-state index contributed by atoms with van der Waals surface area (Å²) in [5.74, 6) is 3.36. The molecule has 3 aliphatic rings. The first-order valence-electron chi connectivity index (χ1n) is 6.85. The lowest BCUT2D eigenvalue weighted by Crippen LogP contribution is -2.15. The van der Waals surface area contributed by atoms with E-state index in [2.05, 4.69) is 10.3 Å². The number of pyridine rings is 1. The van der Waals surface area contributed by atoms with Gasteiger partial charge in [0.05, 0.1) is 0 Å². The monoisotopic (exact) mass is 268 g/mol. The average Bonchev–Trinajstić information content (AvgIpc) is 2.77. The molecule has 4 atom stereocenters. The van der Waals surface area contributed by atoms with Crippen molar-refractivity contribution in [2.75, 3.05) is 5.32 Å². The number of alkyl halides is 3. The highest BCUT2D eigenvalue weighted by Crippen LogP contribution is 2.66. The predicted octanol–water partition coefficient (Wildman–Crippen LogP) is 3.56. The molecule has 0 aliphatic heterocycles. The number of hydrogen-bond donors (Lipinski definition) is 1. The molecule has 0 aromatic carbocycles. The minimum Gasteiger partial charge on any atom is -0.367 e. The molecule has 0 radical (unpaired) electrons. The van der Waals surface area contributed by atoms with Gasteiger partial charge >= 0.3 is 6.18 Å². The van der Waals surface area contributed by atoms with E-state index in [4.69, 9.17) is 0 Å². The molecule has 1 heterocycles. The van der Waals surface area contributed by atoms with Gasteiger partial charge in [0.25, 0.3) is 0 Å². The molecular weight excluding hydrogens is 253 g/mol. The van der Waals surface area contributed by atoms with Crippen LogP contribution in [0.15, 0.2) is 18.2 Å². The van der Waals surface area contributed by atoms with Crippen LogP contribution in [0.1, 0.15) is 25.0 Å². The Balaban J connectivity index is 1.50. The van der Waals surface area contributed by atoms with Crippen molar-refractivity contribution in [3.8, 4) is 0 Å². The molecule has 4 unspecified atom stereocenters. The van der Waals surface area contributed by atoms with E-state index < -0.39 is 11.9 Å². The second-order valence-electron chi connectivity index (χ2n) is 6.06. The van der Waals surface area contributed by atoms with Crippen molar-refractivity contribution in [2.24, 2.45) is 23.7 Å². The molecule has 1 aromatic heterocycles. The molecule has 0 amide bonds. The quantitative estimate of drug-likeness (QED) is 0.887. The van der Waals surface area contributed by atoms with Gasteiger partial charge in [-0.1, -0.05) is 6.07 Å². The van der Waals surface area contributed by atoms with Crippen molar-refractivity contribution in [3.63, 3.8) is 0 Å². The Morgan fingerprint density at radius 3 is 2.42 bits per heavy atom. The predicted molar refractivity (Wildman–Crippen MR) is 64.5 cm³/mol. The van der Waals surface area contributed by atoms with E-state index in [9.17, 15) is 13.2 Å². The maximum absolute atomic E-state index is 12.6. The first-order chi connectivity index (χ1) is 9.04. The van der Waals surface area contributed by atoms with E-state index in [1.165, 1.54) is 25.3 Å². The highest BCUT2D eigenvalue weighted by molar-refractivity contribution is 5.41. The number of anilines is 1. The number of nitrogens with zero attached hydrogens (tertiary/aromatic N) is 1. The summed E-state index contributed by atoms with van der Waals surface area (Å²) in [6, 6.07) is 4.43. The van der Waals surface area contributed by atoms with E-state index in [0.717, 1.165) is 17.9 Å². The normalized spacial score (nSPS) is 39.2. The molecule has 4 rings (SSSR count). The van der Waals surface area contributed by atoms with Crippen molar-refractivity contribution in [1.82, 2.24) is 4.98 Å². The third-order valence-electron chi connectivity index (χ3n) is 5.09. The summed E-state index contributed by atoms with van der Waals surface area (Å²) >= 11 is 0. The number of halogens is 3. The minimum atomic E-state index is -4.36. The molecule has 3 fully saturated rings. The van der Waals surface area contributed by atoms with E-state index in [1.54, 1.807) is 6.07 Å². The highest BCUT2D eigenvalue weighted by atomic mass is 19.4. The number of nitrogens with one attached hydrogen (secondary N) is 1. The Morgan fingerprint density at radius 1 is 1.11 bits per heavy atom. The van der Waals surface area contributed by atoms with Crippen LogP contribution >= 0.6 is 0 Å². The number of fused-ring (bicyclic) bond motifs is 5. The van der Waals surface area contributed by atoms with Gasteiger partial charge in [-0.3, -0.25) is 0 Å². The summed E-state index contributed by atoms with van der Waals surface area (Å²) in [7, 11) is 0. The maximum Gasteiger partial charge on any atom is 0.433 e. The molecule has 3 aliphatic carbocycles. The van der Waals surface area contributed by atoms with E-state index >= 15 is 0 Å². The molecule has 5 heteroatoms. The minimum absolute atomic E-state index is 0.363. The Hall–Kier alpha value is -1.26. The van der Waals surface area contributed by atoms with Gasteiger partial charge in [0, 0.05) is 6.04 Å². The fourth-order valence-corrected chi connectivity index (χ4v) is 4.36. The molecule has 2 bridgehead atoms.